The molecule has 2 saturated heterocycles. The molecular formula is C21H27N3S2. The molecule has 3 nitrogen and oxygen atoms in total. The smallest absolute Gasteiger partial charge is 0.170 e. The van der Waals surface area contributed by atoms with Gasteiger partial charge in [0.05, 0.1) is 0 Å². The number of fused-ring (bicyclic) bond motifs is 2. The molecule has 0 spiro atoms. The van der Waals surface area contributed by atoms with Crippen molar-refractivity contribution in [3.63, 3.8) is 0 Å². The maximum atomic E-state index is 5.56. The van der Waals surface area contributed by atoms with Gasteiger partial charge in [0, 0.05) is 35.2 Å². The molecule has 0 saturated carbocycles. The van der Waals surface area contributed by atoms with Crippen molar-refractivity contribution in [2.24, 2.45) is 0 Å². The first-order valence-electron chi connectivity index (χ1n) is 9.66. The molecule has 2 bridgehead atoms. The van der Waals surface area contributed by atoms with Crippen LogP contribution in [0.4, 0.5) is 5.69 Å². The predicted molar refractivity (Wildman–Crippen MR) is 115 cm³/mol. The topological polar surface area (TPSA) is 27.3 Å². The molecule has 2 unspecified atom stereocenters. The fourth-order valence-electron chi connectivity index (χ4n) is 4.41. The van der Waals surface area contributed by atoms with Crippen molar-refractivity contribution in [3.8, 4) is 0 Å². The highest BCUT2D eigenvalue weighted by atomic mass is 32.1. The number of hydrogen-bond donors (Lipinski definition) is 2. The summed E-state index contributed by atoms with van der Waals surface area (Å²) >= 11 is 7.44. The van der Waals surface area contributed by atoms with Gasteiger partial charge < -0.3 is 10.6 Å². The zero-order valence-electron chi connectivity index (χ0n) is 15.3. The van der Waals surface area contributed by atoms with E-state index in [4.69, 9.17) is 12.2 Å². The summed E-state index contributed by atoms with van der Waals surface area (Å²) in [5.74, 6) is 0. The summed E-state index contributed by atoms with van der Waals surface area (Å²) in [7, 11) is 0. The van der Waals surface area contributed by atoms with E-state index in [0.717, 1.165) is 23.8 Å². The lowest BCUT2D eigenvalue weighted by atomic mass is 9.97. The summed E-state index contributed by atoms with van der Waals surface area (Å²) in [5.41, 5.74) is 2.42. The number of anilines is 1. The molecule has 0 amide bonds. The van der Waals surface area contributed by atoms with Crippen LogP contribution >= 0.6 is 23.6 Å². The molecule has 0 aliphatic carbocycles. The molecule has 2 aromatic rings. The number of thiocarbonyl (C=S) groups is 1. The molecule has 5 heteroatoms. The van der Waals surface area contributed by atoms with Crippen molar-refractivity contribution in [1.29, 1.82) is 0 Å². The summed E-state index contributed by atoms with van der Waals surface area (Å²) in [6.07, 6.45) is 6.10. The molecular weight excluding hydrogens is 358 g/mol. The van der Waals surface area contributed by atoms with Crippen LogP contribution in [-0.4, -0.2) is 28.1 Å². The van der Waals surface area contributed by atoms with E-state index in [1.165, 1.54) is 36.1 Å². The van der Waals surface area contributed by atoms with Gasteiger partial charge in [-0.2, -0.15) is 0 Å². The van der Waals surface area contributed by atoms with Crippen molar-refractivity contribution < 1.29 is 0 Å². The van der Waals surface area contributed by atoms with Gasteiger partial charge in [0.1, 0.15) is 0 Å². The molecule has 2 aliphatic heterocycles. The zero-order chi connectivity index (χ0) is 17.9. The first-order chi connectivity index (χ1) is 12.7. The van der Waals surface area contributed by atoms with Crippen molar-refractivity contribution >= 4 is 34.4 Å². The van der Waals surface area contributed by atoms with Crippen molar-refractivity contribution in [2.75, 3.05) is 5.32 Å². The molecule has 2 fully saturated rings. The average Bonchev–Trinajstić information content (AvgIpc) is 3.22. The minimum Gasteiger partial charge on any atom is -0.360 e. The van der Waals surface area contributed by atoms with Gasteiger partial charge in [0.25, 0.3) is 0 Å². The van der Waals surface area contributed by atoms with E-state index in [0.29, 0.717) is 18.1 Å². The molecule has 3 heterocycles. The second-order valence-electron chi connectivity index (χ2n) is 7.45. The van der Waals surface area contributed by atoms with Gasteiger partial charge in [-0.25, -0.2) is 0 Å². The number of nitrogens with zero attached hydrogens (tertiary/aromatic N) is 1. The summed E-state index contributed by atoms with van der Waals surface area (Å²) in [6, 6.07) is 14.8. The first-order valence-corrected chi connectivity index (χ1v) is 10.9. The summed E-state index contributed by atoms with van der Waals surface area (Å²) < 4.78 is 0. The Morgan fingerprint density at radius 1 is 1.15 bits per heavy atom. The fourth-order valence-corrected chi connectivity index (χ4v) is 5.41. The molecule has 138 valence electrons. The fraction of sp³-hybridized carbons (Fsp3) is 0.476. The van der Waals surface area contributed by atoms with E-state index < -0.39 is 0 Å². The largest absolute Gasteiger partial charge is 0.360 e. The highest BCUT2D eigenvalue weighted by Crippen LogP contribution is 2.37. The minimum atomic E-state index is 0.488. The zero-order valence-corrected chi connectivity index (χ0v) is 16.9. The Balaban J connectivity index is 1.30. The number of nitrogens with one attached hydrogen (secondary N) is 2. The van der Waals surface area contributed by atoms with Crippen LogP contribution in [0.25, 0.3) is 0 Å². The van der Waals surface area contributed by atoms with Crippen LogP contribution < -0.4 is 10.6 Å². The second kappa shape index (κ2) is 8.07. The number of hydrogen-bond acceptors (Lipinski definition) is 3. The molecule has 2 aliphatic rings. The average molecular weight is 386 g/mol. The third-order valence-corrected chi connectivity index (χ3v) is 6.84. The summed E-state index contributed by atoms with van der Waals surface area (Å²) in [6.45, 7) is 3.29. The normalized spacial score (nSPS) is 25.2. The number of rotatable bonds is 5. The maximum absolute atomic E-state index is 5.56. The van der Waals surface area contributed by atoms with Gasteiger partial charge >= 0.3 is 0 Å². The van der Waals surface area contributed by atoms with E-state index in [2.05, 4.69) is 64.2 Å². The van der Waals surface area contributed by atoms with Crippen LogP contribution in [0.5, 0.6) is 0 Å². The number of thiophene rings is 1. The van der Waals surface area contributed by atoms with Gasteiger partial charge in [-0.15, -0.1) is 11.3 Å². The van der Waals surface area contributed by atoms with E-state index in [9.17, 15) is 0 Å². The monoisotopic (exact) mass is 385 g/mol. The number of piperidine rings is 1. The Morgan fingerprint density at radius 2 is 1.88 bits per heavy atom. The Morgan fingerprint density at radius 3 is 2.50 bits per heavy atom. The third-order valence-electron chi connectivity index (χ3n) is 5.76. The van der Waals surface area contributed by atoms with Crippen LogP contribution in [0.3, 0.4) is 0 Å². The van der Waals surface area contributed by atoms with Crippen LogP contribution in [0, 0.1) is 0 Å². The van der Waals surface area contributed by atoms with Gasteiger partial charge in [0.15, 0.2) is 5.11 Å². The van der Waals surface area contributed by atoms with E-state index in [-0.39, 0.29) is 0 Å². The quantitative estimate of drug-likeness (QED) is 0.724. The van der Waals surface area contributed by atoms with Gasteiger partial charge in [-0.1, -0.05) is 25.1 Å². The Hall–Kier alpha value is -1.43. The lowest BCUT2D eigenvalue weighted by Gasteiger charge is -2.39. The van der Waals surface area contributed by atoms with Crippen LogP contribution in [0.2, 0.25) is 0 Å². The standard InChI is InChI=1S/C21H27N3S2/c1-2-15-5-7-16(8-6-15)22-21(25)23-17-12-18-9-10-19(13-17)24(18)14-20-4-3-11-26-20/h3-8,11,17-19H,2,9-10,12-14H2,1H3,(H2,22,23,25). The second-order valence-corrected chi connectivity index (χ2v) is 8.89. The number of aryl methyl sites for hydroxylation is 1. The summed E-state index contributed by atoms with van der Waals surface area (Å²) in [4.78, 5) is 4.21. The lowest BCUT2D eigenvalue weighted by Crippen LogP contribution is -2.50. The number of benzene rings is 1. The maximum Gasteiger partial charge on any atom is 0.170 e. The Labute approximate surface area is 165 Å². The van der Waals surface area contributed by atoms with E-state index in [1.807, 2.05) is 11.3 Å². The van der Waals surface area contributed by atoms with Gasteiger partial charge in [-0.3, -0.25) is 4.90 Å². The highest BCUT2D eigenvalue weighted by molar-refractivity contribution is 7.80. The highest BCUT2D eigenvalue weighted by Gasteiger charge is 2.40. The molecule has 1 aromatic heterocycles. The first kappa shape index (κ1) is 18.0. The third kappa shape index (κ3) is 4.11. The van der Waals surface area contributed by atoms with Gasteiger partial charge in [-0.05, 0) is 73.5 Å². The van der Waals surface area contributed by atoms with Crippen LogP contribution in [0.15, 0.2) is 41.8 Å². The lowest BCUT2D eigenvalue weighted by molar-refractivity contribution is 0.116. The molecule has 1 aromatic carbocycles. The molecule has 26 heavy (non-hydrogen) atoms. The van der Waals surface area contributed by atoms with Crippen LogP contribution in [0.1, 0.15) is 43.0 Å². The predicted octanol–water partition coefficient (Wildman–Crippen LogP) is 4.79. The molecule has 2 N–H and O–H groups in total. The molecule has 2 atom stereocenters. The van der Waals surface area contributed by atoms with E-state index >= 15 is 0 Å². The minimum absolute atomic E-state index is 0.488. The van der Waals surface area contributed by atoms with E-state index in [1.54, 1.807) is 0 Å². The van der Waals surface area contributed by atoms with Crippen molar-refractivity contribution in [2.45, 2.75) is 63.7 Å². The van der Waals surface area contributed by atoms with Crippen molar-refractivity contribution in [1.82, 2.24) is 10.2 Å². The van der Waals surface area contributed by atoms with Crippen molar-refractivity contribution in [3.05, 3.63) is 52.2 Å². The SMILES string of the molecule is CCc1ccc(NC(=S)NC2CC3CCC(C2)N3Cc2cccs2)cc1. The molecule has 4 rings (SSSR count). The van der Waals surface area contributed by atoms with Gasteiger partial charge in [0.2, 0.25) is 0 Å². The summed E-state index contributed by atoms with van der Waals surface area (Å²) in [5, 5.41) is 9.86. The molecule has 0 radical (unpaired) electrons. The Kier molecular flexibility index (Phi) is 5.57. The van der Waals surface area contributed by atoms with Crippen LogP contribution in [-0.2, 0) is 13.0 Å². The Bertz CT molecular complexity index is 712.